The fraction of sp³-hybridized carbons (Fsp3) is 0.538. The fourth-order valence-electron chi connectivity index (χ4n) is 4.18. The molecule has 2 aromatic heterocycles. The summed E-state index contributed by atoms with van der Waals surface area (Å²) in [4.78, 5) is 24.4. The van der Waals surface area contributed by atoms with E-state index in [4.69, 9.17) is 31.1 Å². The minimum Gasteiger partial charge on any atom is -0.395 e. The number of fused-ring (bicyclic) bond motifs is 1. The van der Waals surface area contributed by atoms with Crippen LogP contribution in [0.5, 0.6) is 0 Å². The summed E-state index contributed by atoms with van der Waals surface area (Å²) in [5.74, 6) is 0.205. The van der Waals surface area contributed by atoms with Crippen molar-refractivity contribution in [3.8, 4) is 0 Å². The number of carbonyl (C=O) groups is 1. The zero-order valence-corrected chi connectivity index (χ0v) is 26.1. The molecule has 3 aromatic rings. The van der Waals surface area contributed by atoms with Crippen molar-refractivity contribution in [1.82, 2.24) is 24.6 Å². The number of aliphatic hydroxyl groups is 2. The van der Waals surface area contributed by atoms with E-state index in [1.54, 1.807) is 13.8 Å². The highest BCUT2D eigenvalue weighted by Gasteiger charge is 2.38. The second-order valence-corrected chi connectivity index (χ2v) is 13.8. The minimum atomic E-state index is -3.99. The summed E-state index contributed by atoms with van der Waals surface area (Å²) >= 11 is 6.89. The Morgan fingerprint density at radius 3 is 2.79 bits per heavy atom. The largest absolute Gasteiger partial charge is 0.405 e. The number of benzene rings is 1. The van der Waals surface area contributed by atoms with Gasteiger partial charge in [-0.2, -0.15) is 9.97 Å². The average Bonchev–Trinajstić information content (AvgIpc) is 3.34. The molecule has 0 saturated carbocycles. The number of carbonyl (C=O) groups excluding carboxylic acids is 1. The van der Waals surface area contributed by atoms with Crippen LogP contribution in [0.1, 0.15) is 31.9 Å². The molecule has 0 aliphatic carbocycles. The summed E-state index contributed by atoms with van der Waals surface area (Å²) in [6.45, 7) is 2.40. The van der Waals surface area contributed by atoms with Crippen molar-refractivity contribution in [3.63, 3.8) is 0 Å². The lowest BCUT2D eigenvalue weighted by molar-refractivity contribution is -0.119. The SMILES string of the molecule is CC(C)(CO)C(=O)SCCOP(=O)(NCc1ccccc1)OC[C@H]1OC[C@@H](n2cnc3c(N)nc(Cl)nc32)C(F)C[C@H]1O. The first-order valence-electron chi connectivity index (χ1n) is 13.5. The topological polar surface area (TPSA) is 184 Å². The number of aromatic nitrogens is 4. The standard InChI is InChI=1S/C26H35ClFN6O7PS/c1-26(2,14-35)24(37)43-9-8-40-42(38,31-11-16-6-4-3-5-7-16)41-13-20-19(36)10-17(28)18(12-39-20)34-15-30-21-22(29)32-25(27)33-23(21)34/h3-7,15,17-20,35-36H,8-14H2,1-2H3,(H,31,38)(H2,29,32,33)/t17?,18-,19-,20-,42?/m1/s1. The zero-order chi connectivity index (χ0) is 31.2. The van der Waals surface area contributed by atoms with Crippen LogP contribution in [0.15, 0.2) is 36.7 Å². The normalized spacial score (nSPS) is 22.7. The lowest BCUT2D eigenvalue weighted by Crippen LogP contribution is -2.33. The van der Waals surface area contributed by atoms with Crippen molar-refractivity contribution in [2.45, 2.75) is 51.2 Å². The van der Waals surface area contributed by atoms with Gasteiger partial charge in [0.25, 0.3) is 0 Å². The zero-order valence-electron chi connectivity index (χ0n) is 23.6. The smallest absolute Gasteiger partial charge is 0.395 e. The van der Waals surface area contributed by atoms with Crippen LogP contribution in [-0.4, -0.2) is 85.4 Å². The van der Waals surface area contributed by atoms with E-state index in [0.29, 0.717) is 0 Å². The van der Waals surface area contributed by atoms with Crippen molar-refractivity contribution >= 4 is 53.2 Å². The molecule has 43 heavy (non-hydrogen) atoms. The number of imidazole rings is 1. The molecule has 1 aliphatic heterocycles. The lowest BCUT2D eigenvalue weighted by atomic mass is 9.97. The number of halogens is 2. The van der Waals surface area contributed by atoms with E-state index in [-0.39, 0.29) is 72.5 Å². The summed E-state index contributed by atoms with van der Waals surface area (Å²) in [5.41, 5.74) is 6.23. The second kappa shape index (κ2) is 14.7. The number of ether oxygens (including phenoxy) is 1. The van der Waals surface area contributed by atoms with Crippen LogP contribution < -0.4 is 10.8 Å². The van der Waals surface area contributed by atoms with Crippen LogP contribution in [0.25, 0.3) is 11.2 Å². The molecule has 5 N–H and O–H groups in total. The molecule has 236 valence electrons. The van der Waals surface area contributed by atoms with Crippen LogP contribution in [0.4, 0.5) is 10.2 Å². The van der Waals surface area contributed by atoms with Crippen molar-refractivity contribution in [2.75, 3.05) is 37.9 Å². The summed E-state index contributed by atoms with van der Waals surface area (Å²) in [6, 6.07) is 8.23. The van der Waals surface area contributed by atoms with Crippen molar-refractivity contribution in [3.05, 3.63) is 47.5 Å². The Morgan fingerprint density at radius 2 is 2.07 bits per heavy atom. The summed E-state index contributed by atoms with van der Waals surface area (Å²) < 4.78 is 47.7. The number of hydrogen-bond acceptors (Lipinski definition) is 12. The van der Waals surface area contributed by atoms with E-state index < -0.39 is 37.6 Å². The van der Waals surface area contributed by atoms with Gasteiger partial charge in [-0.1, -0.05) is 42.1 Å². The monoisotopic (exact) mass is 660 g/mol. The second-order valence-electron chi connectivity index (χ2n) is 10.6. The summed E-state index contributed by atoms with van der Waals surface area (Å²) in [7, 11) is -3.99. The molecule has 4 rings (SSSR count). The Hall–Kier alpha value is -2.20. The number of aliphatic hydroxyl groups excluding tert-OH is 2. The number of anilines is 1. The number of nitrogens with zero attached hydrogens (tertiary/aromatic N) is 4. The number of nitrogen functional groups attached to an aromatic ring is 1. The molecule has 1 aliphatic rings. The van der Waals surface area contributed by atoms with Crippen LogP contribution in [0.2, 0.25) is 5.28 Å². The van der Waals surface area contributed by atoms with Crippen molar-refractivity contribution < 1.29 is 37.7 Å². The van der Waals surface area contributed by atoms with Crippen molar-refractivity contribution in [2.24, 2.45) is 5.41 Å². The van der Waals surface area contributed by atoms with Gasteiger partial charge >= 0.3 is 7.75 Å². The van der Waals surface area contributed by atoms with E-state index in [9.17, 15) is 19.6 Å². The first-order chi connectivity index (χ1) is 20.4. The lowest BCUT2D eigenvalue weighted by Gasteiger charge is -2.25. The Bertz CT molecular complexity index is 1440. The van der Waals surface area contributed by atoms with Gasteiger partial charge in [-0.3, -0.25) is 13.8 Å². The highest BCUT2D eigenvalue weighted by Crippen LogP contribution is 2.45. The van der Waals surface area contributed by atoms with Gasteiger partial charge in [0.05, 0.1) is 50.3 Å². The van der Waals surface area contributed by atoms with Gasteiger partial charge < -0.3 is 25.3 Å². The summed E-state index contributed by atoms with van der Waals surface area (Å²) in [5, 5.41) is 22.6. The van der Waals surface area contributed by atoms with Crippen LogP contribution in [0.3, 0.4) is 0 Å². The van der Waals surface area contributed by atoms with Gasteiger partial charge in [0, 0.05) is 18.7 Å². The fourth-order valence-corrected chi connectivity index (χ4v) is 6.59. The molecule has 17 heteroatoms. The van der Waals surface area contributed by atoms with Crippen LogP contribution >= 0.6 is 31.1 Å². The molecule has 0 amide bonds. The molecule has 1 aromatic carbocycles. The van der Waals surface area contributed by atoms with E-state index >= 15 is 4.39 Å². The maximum atomic E-state index is 15.4. The van der Waals surface area contributed by atoms with Gasteiger partial charge in [-0.05, 0) is 31.0 Å². The molecule has 2 unspecified atom stereocenters. The van der Waals surface area contributed by atoms with Crippen LogP contribution in [0, 0.1) is 5.41 Å². The molecule has 3 heterocycles. The predicted octanol–water partition coefficient (Wildman–Crippen LogP) is 3.30. The third-order valence-electron chi connectivity index (χ3n) is 6.83. The molecule has 0 bridgehead atoms. The Labute approximate surface area is 257 Å². The first-order valence-corrected chi connectivity index (χ1v) is 16.4. The third kappa shape index (κ3) is 8.71. The highest BCUT2D eigenvalue weighted by atomic mass is 35.5. The third-order valence-corrected chi connectivity index (χ3v) is 9.74. The molecular formula is C26H35ClFN6O7PS. The highest BCUT2D eigenvalue weighted by molar-refractivity contribution is 8.13. The van der Waals surface area contributed by atoms with Gasteiger partial charge in [0.1, 0.15) is 17.8 Å². The van der Waals surface area contributed by atoms with Gasteiger partial charge in [0.2, 0.25) is 5.28 Å². The molecule has 5 atom stereocenters. The average molecular weight is 661 g/mol. The predicted molar refractivity (Wildman–Crippen MR) is 160 cm³/mol. The van der Waals surface area contributed by atoms with Gasteiger partial charge in [-0.15, -0.1) is 0 Å². The van der Waals surface area contributed by atoms with Crippen LogP contribution in [-0.2, 0) is 29.7 Å². The molecule has 1 fully saturated rings. The Kier molecular flexibility index (Phi) is 11.5. The number of alkyl halides is 1. The molecular weight excluding hydrogens is 626 g/mol. The van der Waals surface area contributed by atoms with E-state index in [1.165, 1.54) is 10.9 Å². The number of thioether (sulfide) groups is 1. The molecule has 0 spiro atoms. The first kappa shape index (κ1) is 33.7. The minimum absolute atomic E-state index is 0.0450. The number of rotatable bonds is 13. The van der Waals surface area contributed by atoms with Crippen molar-refractivity contribution in [1.29, 1.82) is 0 Å². The van der Waals surface area contributed by atoms with Gasteiger partial charge in [-0.25, -0.2) is 19.0 Å². The maximum Gasteiger partial charge on any atom is 0.405 e. The number of nitrogens with two attached hydrogens (primary N) is 1. The molecule has 13 nitrogen and oxygen atoms in total. The summed E-state index contributed by atoms with van der Waals surface area (Å²) in [6.07, 6.45) is -2.86. The van der Waals surface area contributed by atoms with E-state index in [2.05, 4.69) is 20.0 Å². The van der Waals surface area contributed by atoms with Gasteiger partial charge in [0.15, 0.2) is 16.6 Å². The number of hydrogen-bond donors (Lipinski definition) is 4. The van der Waals surface area contributed by atoms with E-state index in [1.807, 2.05) is 30.3 Å². The Morgan fingerprint density at radius 1 is 1.33 bits per heavy atom. The quantitative estimate of drug-likeness (QED) is 0.119. The molecule has 1 saturated heterocycles. The molecule has 0 radical (unpaired) electrons. The number of nitrogens with one attached hydrogen (secondary N) is 1. The Balaban J connectivity index is 1.41. The van der Waals surface area contributed by atoms with E-state index in [0.717, 1.165) is 17.3 Å². The maximum absolute atomic E-state index is 15.4.